The van der Waals surface area contributed by atoms with Gasteiger partial charge in [0.05, 0.1) is 12.1 Å². The van der Waals surface area contributed by atoms with Crippen molar-refractivity contribution in [1.29, 1.82) is 0 Å². The molecule has 2 amide bonds. The molecule has 0 spiro atoms. The Morgan fingerprint density at radius 1 is 0.967 bits per heavy atom. The Labute approximate surface area is 183 Å². The maximum Gasteiger partial charge on any atom is 0.255 e. The summed E-state index contributed by atoms with van der Waals surface area (Å²) in [5.41, 5.74) is 5.50. The summed E-state index contributed by atoms with van der Waals surface area (Å²) in [5, 5.41) is 7.82. The maximum absolute atomic E-state index is 12.3. The Balaban J connectivity index is 1.65. The Bertz CT molecular complexity index is 1080. The maximum atomic E-state index is 12.3. The predicted octanol–water partition coefficient (Wildman–Crippen LogP) is 4.72. The van der Waals surface area contributed by atoms with Gasteiger partial charge in [0.2, 0.25) is 5.91 Å². The number of hydrogen-bond acceptors (Lipinski definition) is 4. The molecule has 0 bridgehead atoms. The molecule has 0 aliphatic rings. The quantitative estimate of drug-likeness (QED) is 0.429. The minimum absolute atomic E-state index is 0.0112. The number of nitrogens with one attached hydrogen (secondary N) is 2. The molecule has 0 saturated carbocycles. The van der Waals surface area contributed by atoms with Crippen LogP contribution in [-0.4, -0.2) is 22.5 Å². The van der Waals surface area contributed by atoms with Gasteiger partial charge in [-0.05, 0) is 54.4 Å². The van der Waals surface area contributed by atoms with Gasteiger partial charge in [0.25, 0.3) is 5.91 Å². The van der Waals surface area contributed by atoms with E-state index in [2.05, 4.69) is 20.8 Å². The van der Waals surface area contributed by atoms with Crippen LogP contribution in [0.5, 0.6) is 0 Å². The van der Waals surface area contributed by atoms with Crippen molar-refractivity contribution in [2.45, 2.75) is 13.3 Å². The zero-order valence-corrected chi connectivity index (χ0v) is 17.5. The first kappa shape index (κ1) is 21.5. The second-order valence-electron chi connectivity index (χ2n) is 6.38. The molecule has 0 atom stereocenters. The van der Waals surface area contributed by atoms with E-state index in [4.69, 9.17) is 23.2 Å². The van der Waals surface area contributed by atoms with Crippen LogP contribution in [0.3, 0.4) is 0 Å². The van der Waals surface area contributed by atoms with Crippen LogP contribution in [0, 0.1) is 0 Å². The summed E-state index contributed by atoms with van der Waals surface area (Å²) in [4.78, 5) is 28.4. The van der Waals surface area contributed by atoms with Crippen molar-refractivity contribution in [2.24, 2.45) is 5.10 Å². The molecule has 0 fully saturated rings. The fourth-order valence-corrected chi connectivity index (χ4v) is 3.17. The molecule has 1 heterocycles. The van der Waals surface area contributed by atoms with Gasteiger partial charge in [-0.15, -0.1) is 0 Å². The van der Waals surface area contributed by atoms with E-state index < -0.39 is 0 Å². The molecule has 3 aromatic rings. The number of hydrogen-bond donors (Lipinski definition) is 2. The molecule has 0 unspecified atom stereocenters. The highest BCUT2D eigenvalue weighted by molar-refractivity contribution is 6.36. The Morgan fingerprint density at radius 3 is 2.33 bits per heavy atom. The highest BCUT2D eigenvalue weighted by Gasteiger charge is 2.11. The van der Waals surface area contributed by atoms with Crippen molar-refractivity contribution < 1.29 is 9.59 Å². The number of carbonyl (C=O) groups excluding carboxylic acids is 2. The standard InChI is InChI=1S/C22H18Cl2N4O2/c1-14(27-28-21(29)13-18-19(23)6-3-7-20(18)24)16-4-2-5-17(12-16)26-22(30)15-8-10-25-11-9-15/h2-12H,13H2,1H3,(H,26,30)(H,28,29)/b27-14-. The first-order chi connectivity index (χ1) is 14.4. The van der Waals surface area contributed by atoms with E-state index in [9.17, 15) is 9.59 Å². The van der Waals surface area contributed by atoms with Gasteiger partial charge in [-0.2, -0.15) is 5.10 Å². The third kappa shape index (κ3) is 5.65. The fraction of sp³-hybridized carbons (Fsp3) is 0.0909. The van der Waals surface area contributed by atoms with Crippen LogP contribution < -0.4 is 10.7 Å². The van der Waals surface area contributed by atoms with Crippen LogP contribution in [0.4, 0.5) is 5.69 Å². The molecule has 6 nitrogen and oxygen atoms in total. The number of aromatic nitrogens is 1. The average Bonchev–Trinajstić information content (AvgIpc) is 2.75. The van der Waals surface area contributed by atoms with Crippen LogP contribution in [0.25, 0.3) is 0 Å². The Hall–Kier alpha value is -3.22. The lowest BCUT2D eigenvalue weighted by Crippen LogP contribution is -2.21. The van der Waals surface area contributed by atoms with Gasteiger partial charge < -0.3 is 5.32 Å². The van der Waals surface area contributed by atoms with E-state index in [-0.39, 0.29) is 18.2 Å². The van der Waals surface area contributed by atoms with Crippen LogP contribution in [0.1, 0.15) is 28.4 Å². The summed E-state index contributed by atoms with van der Waals surface area (Å²) >= 11 is 12.2. The molecule has 2 aromatic carbocycles. The first-order valence-electron chi connectivity index (χ1n) is 9.02. The summed E-state index contributed by atoms with van der Waals surface area (Å²) in [5.74, 6) is -0.583. The number of pyridine rings is 1. The molecule has 152 valence electrons. The highest BCUT2D eigenvalue weighted by atomic mass is 35.5. The minimum Gasteiger partial charge on any atom is -0.322 e. The van der Waals surface area contributed by atoms with Crippen LogP contribution in [0.2, 0.25) is 10.0 Å². The van der Waals surface area contributed by atoms with Gasteiger partial charge in [-0.1, -0.05) is 41.4 Å². The molecule has 0 aliphatic heterocycles. The second kappa shape index (κ2) is 10.0. The molecule has 0 saturated heterocycles. The highest BCUT2D eigenvalue weighted by Crippen LogP contribution is 2.24. The van der Waals surface area contributed by atoms with Gasteiger partial charge >= 0.3 is 0 Å². The molecule has 2 N–H and O–H groups in total. The SMILES string of the molecule is C/C(=N/NC(=O)Cc1c(Cl)cccc1Cl)c1cccc(NC(=O)c2ccncc2)c1. The molecule has 0 radical (unpaired) electrons. The topological polar surface area (TPSA) is 83.5 Å². The molecule has 8 heteroatoms. The van der Waals surface area contributed by atoms with Crippen molar-refractivity contribution in [2.75, 3.05) is 5.32 Å². The largest absolute Gasteiger partial charge is 0.322 e. The van der Waals surface area contributed by atoms with E-state index in [1.54, 1.807) is 67.8 Å². The molecule has 0 aliphatic carbocycles. The molecular weight excluding hydrogens is 423 g/mol. The number of benzene rings is 2. The van der Waals surface area contributed by atoms with Crippen LogP contribution >= 0.6 is 23.2 Å². The van der Waals surface area contributed by atoms with Gasteiger partial charge in [0.15, 0.2) is 0 Å². The first-order valence-corrected chi connectivity index (χ1v) is 9.77. The zero-order valence-electron chi connectivity index (χ0n) is 16.0. The van der Waals surface area contributed by atoms with E-state index in [1.807, 2.05) is 6.07 Å². The van der Waals surface area contributed by atoms with Gasteiger partial charge in [-0.3, -0.25) is 14.6 Å². The molecule has 3 rings (SSSR count). The fourth-order valence-electron chi connectivity index (χ4n) is 2.64. The number of halogens is 2. The molecular formula is C22H18Cl2N4O2. The third-order valence-electron chi connectivity index (χ3n) is 4.23. The normalized spacial score (nSPS) is 11.1. The second-order valence-corrected chi connectivity index (χ2v) is 7.19. The lowest BCUT2D eigenvalue weighted by atomic mass is 10.1. The monoisotopic (exact) mass is 440 g/mol. The predicted molar refractivity (Wildman–Crippen MR) is 119 cm³/mol. The number of hydrazone groups is 1. The minimum atomic E-state index is -0.341. The van der Waals surface area contributed by atoms with Gasteiger partial charge in [-0.25, -0.2) is 5.43 Å². The molecule has 1 aromatic heterocycles. The summed E-state index contributed by atoms with van der Waals surface area (Å²) in [6.45, 7) is 1.76. The number of anilines is 1. The smallest absolute Gasteiger partial charge is 0.255 e. The average molecular weight is 441 g/mol. The van der Waals surface area contributed by atoms with Crippen molar-refractivity contribution in [3.05, 3.63) is 93.7 Å². The number of rotatable bonds is 6. The number of nitrogens with zero attached hydrogens (tertiary/aromatic N) is 2. The Morgan fingerprint density at radius 2 is 1.63 bits per heavy atom. The van der Waals surface area contributed by atoms with Crippen molar-refractivity contribution in [3.8, 4) is 0 Å². The van der Waals surface area contributed by atoms with Gasteiger partial charge in [0, 0.05) is 33.7 Å². The summed E-state index contributed by atoms with van der Waals surface area (Å²) in [7, 11) is 0. The Kier molecular flexibility index (Phi) is 7.17. The van der Waals surface area contributed by atoms with Crippen molar-refractivity contribution in [1.82, 2.24) is 10.4 Å². The van der Waals surface area contributed by atoms with E-state index in [0.29, 0.717) is 32.6 Å². The van der Waals surface area contributed by atoms with Crippen LogP contribution in [-0.2, 0) is 11.2 Å². The van der Waals surface area contributed by atoms with E-state index in [0.717, 1.165) is 5.56 Å². The summed E-state index contributed by atoms with van der Waals surface area (Å²) < 4.78 is 0. The third-order valence-corrected chi connectivity index (χ3v) is 4.94. The lowest BCUT2D eigenvalue weighted by molar-refractivity contribution is -0.120. The summed E-state index contributed by atoms with van der Waals surface area (Å²) in [6.07, 6.45) is 3.12. The van der Waals surface area contributed by atoms with Crippen molar-refractivity contribution >= 4 is 46.4 Å². The van der Waals surface area contributed by atoms with Gasteiger partial charge in [0.1, 0.15) is 0 Å². The summed E-state index contributed by atoms with van der Waals surface area (Å²) in [6, 6.07) is 15.5. The zero-order chi connectivity index (χ0) is 21.5. The van der Waals surface area contributed by atoms with E-state index in [1.165, 1.54) is 0 Å². The van der Waals surface area contributed by atoms with E-state index >= 15 is 0 Å². The van der Waals surface area contributed by atoms with Crippen molar-refractivity contribution in [3.63, 3.8) is 0 Å². The number of carbonyl (C=O) groups is 2. The number of amides is 2. The lowest BCUT2D eigenvalue weighted by Gasteiger charge is -2.08. The van der Waals surface area contributed by atoms with Crippen LogP contribution in [0.15, 0.2) is 72.1 Å². The molecule has 30 heavy (non-hydrogen) atoms.